The average Bonchev–Trinajstić information content (AvgIpc) is 3.26. The first kappa shape index (κ1) is 25.6. The lowest BCUT2D eigenvalue weighted by Crippen LogP contribution is -2.43. The minimum atomic E-state index is -3.79. The van der Waals surface area contributed by atoms with Crippen molar-refractivity contribution in [2.75, 3.05) is 42.9 Å². The van der Waals surface area contributed by atoms with E-state index in [0.717, 1.165) is 75.1 Å². The fourth-order valence-corrected chi connectivity index (χ4v) is 5.96. The minimum Gasteiger partial charge on any atom is -0.496 e. The van der Waals surface area contributed by atoms with E-state index < -0.39 is 10.2 Å². The van der Waals surface area contributed by atoms with Crippen molar-refractivity contribution in [3.63, 3.8) is 0 Å². The first-order valence-corrected chi connectivity index (χ1v) is 13.3. The van der Waals surface area contributed by atoms with E-state index in [1.165, 1.54) is 0 Å². The van der Waals surface area contributed by atoms with Crippen molar-refractivity contribution >= 4 is 45.1 Å². The number of halogens is 1. The van der Waals surface area contributed by atoms with Gasteiger partial charge in [-0.15, -0.1) is 12.4 Å². The lowest BCUT2D eigenvalue weighted by atomic mass is 9.96. The normalized spacial score (nSPS) is 17.2. The third-order valence-corrected chi connectivity index (χ3v) is 7.68. The van der Waals surface area contributed by atoms with E-state index in [1.54, 1.807) is 7.11 Å². The highest BCUT2D eigenvalue weighted by Gasteiger charge is 2.24. The first-order chi connectivity index (χ1) is 16.5. The van der Waals surface area contributed by atoms with Gasteiger partial charge in [-0.3, -0.25) is 4.72 Å². The number of aromatic nitrogens is 1. The van der Waals surface area contributed by atoms with Crippen molar-refractivity contribution in [2.45, 2.75) is 38.1 Å². The maximum Gasteiger partial charge on any atom is 0.300 e. The topological polar surface area (TPSA) is 109 Å². The van der Waals surface area contributed by atoms with Crippen molar-refractivity contribution in [3.05, 3.63) is 36.4 Å². The highest BCUT2D eigenvalue weighted by atomic mass is 35.5. The molecule has 11 heteroatoms. The van der Waals surface area contributed by atoms with Gasteiger partial charge in [0.15, 0.2) is 11.4 Å². The molecule has 1 aromatic heterocycles. The molecule has 1 aliphatic carbocycles. The quantitative estimate of drug-likeness (QED) is 0.432. The zero-order valence-electron chi connectivity index (χ0n) is 19.7. The molecule has 1 aliphatic heterocycles. The molecule has 0 amide bonds. The van der Waals surface area contributed by atoms with Crippen LogP contribution < -0.4 is 24.4 Å². The summed E-state index contributed by atoms with van der Waals surface area (Å²) in [5.41, 5.74) is 3.55. The average molecular weight is 522 g/mol. The molecule has 0 radical (unpaired) electrons. The number of fused-ring (bicyclic) bond motifs is 1. The Bertz CT molecular complexity index is 1250. The predicted molar refractivity (Wildman–Crippen MR) is 141 cm³/mol. The minimum absolute atomic E-state index is 0. The summed E-state index contributed by atoms with van der Waals surface area (Å²) in [6.07, 6.45) is 4.91. The molecular weight excluding hydrogens is 490 g/mol. The van der Waals surface area contributed by atoms with Crippen LogP contribution in [0.15, 0.2) is 40.9 Å². The van der Waals surface area contributed by atoms with Crippen LogP contribution in [-0.2, 0) is 10.2 Å². The molecule has 3 N–H and O–H groups in total. The molecule has 5 rings (SSSR count). The zero-order chi connectivity index (χ0) is 23.5. The van der Waals surface area contributed by atoms with Gasteiger partial charge in [0.1, 0.15) is 11.1 Å². The van der Waals surface area contributed by atoms with Gasteiger partial charge in [-0.25, -0.2) is 0 Å². The molecular formula is C24H32ClN5O4S. The third kappa shape index (κ3) is 5.83. The van der Waals surface area contributed by atoms with Crippen LogP contribution >= 0.6 is 12.4 Å². The second-order valence-corrected chi connectivity index (χ2v) is 10.4. The van der Waals surface area contributed by atoms with Crippen LogP contribution in [0.5, 0.6) is 5.75 Å². The number of nitrogens with zero attached hydrogens (tertiary/aromatic N) is 2. The number of ether oxygens (including phenoxy) is 1. The van der Waals surface area contributed by atoms with Crippen LogP contribution in [0.3, 0.4) is 0 Å². The molecule has 3 aromatic rings. The van der Waals surface area contributed by atoms with Crippen LogP contribution in [-0.4, -0.2) is 52.9 Å². The lowest BCUT2D eigenvalue weighted by molar-refractivity contribution is 0.412. The van der Waals surface area contributed by atoms with Crippen molar-refractivity contribution in [2.24, 2.45) is 0 Å². The molecule has 0 spiro atoms. The number of methoxy groups -OCH3 is 1. The Morgan fingerprint density at radius 2 is 1.86 bits per heavy atom. The van der Waals surface area contributed by atoms with E-state index in [-0.39, 0.29) is 24.3 Å². The van der Waals surface area contributed by atoms with E-state index in [2.05, 4.69) is 37.0 Å². The maximum absolute atomic E-state index is 12.7. The monoisotopic (exact) mass is 521 g/mol. The third-order valence-electron chi connectivity index (χ3n) is 6.58. The highest BCUT2D eigenvalue weighted by Crippen LogP contribution is 2.38. The molecule has 9 nitrogen and oxygen atoms in total. The van der Waals surface area contributed by atoms with Gasteiger partial charge in [-0.05, 0) is 48.2 Å². The van der Waals surface area contributed by atoms with E-state index in [1.807, 2.05) is 24.3 Å². The van der Waals surface area contributed by atoms with Crippen LogP contribution in [0.2, 0.25) is 0 Å². The SMILES string of the molecule is COc1cc(-c2cccc(N3CCNCC3)c2)cc2onc(NS(=O)(=O)NC3CCCCC3)c12.Cl. The Kier molecular flexibility index (Phi) is 8.05. The van der Waals surface area contributed by atoms with Gasteiger partial charge in [0.25, 0.3) is 0 Å². The summed E-state index contributed by atoms with van der Waals surface area (Å²) in [7, 11) is -2.23. The Labute approximate surface area is 212 Å². The van der Waals surface area contributed by atoms with Gasteiger partial charge in [0.2, 0.25) is 0 Å². The van der Waals surface area contributed by atoms with Gasteiger partial charge < -0.3 is 19.5 Å². The molecule has 0 bridgehead atoms. The molecule has 0 atom stereocenters. The molecule has 2 fully saturated rings. The molecule has 2 aromatic carbocycles. The maximum atomic E-state index is 12.7. The highest BCUT2D eigenvalue weighted by molar-refractivity contribution is 7.90. The number of hydrogen-bond acceptors (Lipinski definition) is 7. The number of benzene rings is 2. The van der Waals surface area contributed by atoms with Crippen molar-refractivity contribution in [1.82, 2.24) is 15.2 Å². The number of piperazine rings is 1. The van der Waals surface area contributed by atoms with E-state index in [4.69, 9.17) is 9.26 Å². The second kappa shape index (κ2) is 11.0. The zero-order valence-corrected chi connectivity index (χ0v) is 21.4. The van der Waals surface area contributed by atoms with Crippen LogP contribution in [0, 0.1) is 0 Å². The van der Waals surface area contributed by atoms with Gasteiger partial charge in [0, 0.05) is 37.9 Å². The second-order valence-electron chi connectivity index (χ2n) is 8.93. The lowest BCUT2D eigenvalue weighted by Gasteiger charge is -2.29. The molecule has 190 valence electrons. The number of rotatable bonds is 7. The fourth-order valence-electron chi connectivity index (χ4n) is 4.83. The van der Waals surface area contributed by atoms with Crippen molar-refractivity contribution in [3.8, 4) is 16.9 Å². The number of hydrogen-bond donors (Lipinski definition) is 3. The van der Waals surface area contributed by atoms with Gasteiger partial charge in [-0.2, -0.15) is 13.1 Å². The molecule has 1 saturated carbocycles. The smallest absolute Gasteiger partial charge is 0.300 e. The van der Waals surface area contributed by atoms with Gasteiger partial charge in [-0.1, -0.05) is 36.6 Å². The Balaban J connectivity index is 0.00000289. The van der Waals surface area contributed by atoms with E-state index in [0.29, 0.717) is 16.7 Å². The Hall–Kier alpha value is -2.53. The first-order valence-electron chi connectivity index (χ1n) is 11.9. The Morgan fingerprint density at radius 3 is 2.60 bits per heavy atom. The fraction of sp³-hybridized carbons (Fsp3) is 0.458. The van der Waals surface area contributed by atoms with Crippen molar-refractivity contribution < 1.29 is 17.7 Å². The summed E-state index contributed by atoms with van der Waals surface area (Å²) in [6.45, 7) is 3.87. The molecule has 2 aliphatic rings. The van der Waals surface area contributed by atoms with Gasteiger partial charge >= 0.3 is 10.2 Å². The van der Waals surface area contributed by atoms with E-state index in [9.17, 15) is 8.42 Å². The van der Waals surface area contributed by atoms with Crippen LogP contribution in [0.4, 0.5) is 11.5 Å². The van der Waals surface area contributed by atoms with Crippen LogP contribution in [0.1, 0.15) is 32.1 Å². The number of nitrogens with one attached hydrogen (secondary N) is 3. The van der Waals surface area contributed by atoms with E-state index >= 15 is 0 Å². The molecule has 0 unspecified atom stereocenters. The Morgan fingerprint density at radius 1 is 1.09 bits per heavy atom. The summed E-state index contributed by atoms with van der Waals surface area (Å²) >= 11 is 0. The van der Waals surface area contributed by atoms with Crippen LogP contribution in [0.25, 0.3) is 22.1 Å². The molecule has 1 saturated heterocycles. The largest absolute Gasteiger partial charge is 0.496 e. The van der Waals surface area contributed by atoms with Crippen molar-refractivity contribution in [1.29, 1.82) is 0 Å². The summed E-state index contributed by atoms with van der Waals surface area (Å²) < 4.78 is 41.9. The summed E-state index contributed by atoms with van der Waals surface area (Å²) in [5, 5.41) is 7.88. The summed E-state index contributed by atoms with van der Waals surface area (Å²) in [5.74, 6) is 0.618. The molecule has 35 heavy (non-hydrogen) atoms. The predicted octanol–water partition coefficient (Wildman–Crippen LogP) is 3.91. The number of anilines is 2. The summed E-state index contributed by atoms with van der Waals surface area (Å²) in [6, 6.07) is 12.1. The standard InChI is InChI=1S/C24H31N5O4S.ClH/c1-32-21-15-18(17-6-5-9-20(14-17)29-12-10-25-11-13-29)16-22-23(21)24(26-33-22)28-34(30,31)27-19-7-3-2-4-8-19;/h5-6,9,14-16,19,25,27H,2-4,7-8,10-13H2,1H3,(H,26,28);1H. The summed E-state index contributed by atoms with van der Waals surface area (Å²) in [4.78, 5) is 2.36. The molecule has 2 heterocycles. The van der Waals surface area contributed by atoms with Gasteiger partial charge in [0.05, 0.1) is 7.11 Å².